The monoisotopic (exact) mass is 262 g/mol. The van der Waals surface area contributed by atoms with E-state index in [1.54, 1.807) is 0 Å². The third-order valence-electron chi connectivity index (χ3n) is 2.71. The van der Waals surface area contributed by atoms with Crippen LogP contribution in [0.1, 0.15) is 20.8 Å². The van der Waals surface area contributed by atoms with Crippen molar-refractivity contribution in [3.05, 3.63) is 36.5 Å². The highest BCUT2D eigenvalue weighted by atomic mass is 32.1. The predicted octanol–water partition coefficient (Wildman–Crippen LogP) is 3.07. The molecule has 0 amide bonds. The molecule has 0 bridgehead atoms. The van der Waals surface area contributed by atoms with Gasteiger partial charge in [0.25, 0.3) is 0 Å². The second kappa shape index (κ2) is 4.98. The summed E-state index contributed by atoms with van der Waals surface area (Å²) < 4.78 is 5.42. The number of nitrogens with one attached hydrogen (secondary N) is 1. The van der Waals surface area contributed by atoms with E-state index in [0.717, 1.165) is 11.4 Å². The maximum absolute atomic E-state index is 5.42. The second-order valence-corrected chi connectivity index (χ2v) is 5.15. The standard InChI is InChI=1S/C14H18N2OS/c1-4-17-12-7-5-11(6-8-12)16-10-9-14(2,3)15-13(16)18/h5-10H,4H2,1-3H3,(H,15,18). The molecule has 0 fully saturated rings. The van der Waals surface area contributed by atoms with Crippen molar-refractivity contribution in [2.75, 3.05) is 11.5 Å². The lowest BCUT2D eigenvalue weighted by molar-refractivity contribution is 0.340. The van der Waals surface area contributed by atoms with E-state index in [9.17, 15) is 0 Å². The van der Waals surface area contributed by atoms with Crippen LogP contribution < -0.4 is 15.0 Å². The number of benzene rings is 1. The Labute approximate surface area is 113 Å². The van der Waals surface area contributed by atoms with E-state index < -0.39 is 0 Å². The Kier molecular flexibility index (Phi) is 3.57. The van der Waals surface area contributed by atoms with E-state index in [-0.39, 0.29) is 5.54 Å². The minimum atomic E-state index is -0.0845. The first-order valence-electron chi connectivity index (χ1n) is 6.05. The lowest BCUT2D eigenvalue weighted by atomic mass is 10.0. The maximum atomic E-state index is 5.42. The molecule has 1 N–H and O–H groups in total. The van der Waals surface area contributed by atoms with Crippen LogP contribution in [0.5, 0.6) is 5.75 Å². The summed E-state index contributed by atoms with van der Waals surface area (Å²) in [6.07, 6.45) is 4.10. The molecule has 0 saturated heterocycles. The predicted molar refractivity (Wildman–Crippen MR) is 79.0 cm³/mol. The van der Waals surface area contributed by atoms with Crippen molar-refractivity contribution in [1.29, 1.82) is 0 Å². The van der Waals surface area contributed by atoms with Gasteiger partial charge in [0.05, 0.1) is 12.1 Å². The number of hydrogen-bond acceptors (Lipinski definition) is 2. The van der Waals surface area contributed by atoms with Crippen LogP contribution in [-0.2, 0) is 0 Å². The molecule has 3 nitrogen and oxygen atoms in total. The van der Waals surface area contributed by atoms with Crippen LogP contribution in [0.15, 0.2) is 36.5 Å². The van der Waals surface area contributed by atoms with Gasteiger partial charge in [-0.1, -0.05) is 0 Å². The SMILES string of the molecule is CCOc1ccc(N2C=CC(C)(C)NC2=S)cc1. The summed E-state index contributed by atoms with van der Waals surface area (Å²) in [4.78, 5) is 1.95. The van der Waals surface area contributed by atoms with Gasteiger partial charge in [-0.3, -0.25) is 4.90 Å². The normalized spacial score (nSPS) is 17.5. The van der Waals surface area contributed by atoms with Gasteiger partial charge >= 0.3 is 0 Å². The highest BCUT2D eigenvalue weighted by Gasteiger charge is 2.23. The summed E-state index contributed by atoms with van der Waals surface area (Å²) in [6.45, 7) is 6.83. The first-order valence-corrected chi connectivity index (χ1v) is 6.46. The smallest absolute Gasteiger partial charge is 0.178 e. The van der Waals surface area contributed by atoms with E-state index in [0.29, 0.717) is 11.7 Å². The van der Waals surface area contributed by atoms with Crippen molar-refractivity contribution in [3.8, 4) is 5.75 Å². The molecule has 0 unspecified atom stereocenters. The molecule has 0 atom stereocenters. The van der Waals surface area contributed by atoms with Crippen LogP contribution in [0, 0.1) is 0 Å². The third kappa shape index (κ3) is 2.82. The van der Waals surface area contributed by atoms with E-state index >= 15 is 0 Å². The molecule has 0 spiro atoms. The Morgan fingerprint density at radius 2 is 1.94 bits per heavy atom. The number of thiocarbonyl (C=S) groups is 1. The Morgan fingerprint density at radius 3 is 2.50 bits per heavy atom. The molecule has 0 aliphatic carbocycles. The van der Waals surface area contributed by atoms with E-state index in [1.807, 2.05) is 42.3 Å². The van der Waals surface area contributed by atoms with Crippen LogP contribution >= 0.6 is 12.2 Å². The van der Waals surface area contributed by atoms with E-state index in [1.165, 1.54) is 0 Å². The van der Waals surface area contributed by atoms with Crippen LogP contribution in [0.2, 0.25) is 0 Å². The lowest BCUT2D eigenvalue weighted by Crippen LogP contribution is -2.51. The molecular formula is C14H18N2OS. The number of rotatable bonds is 3. The molecule has 0 aromatic heterocycles. The van der Waals surface area contributed by atoms with Gasteiger partial charge in [0.15, 0.2) is 5.11 Å². The van der Waals surface area contributed by atoms with Crippen LogP contribution in [0.3, 0.4) is 0 Å². The molecule has 1 aromatic rings. The van der Waals surface area contributed by atoms with Crippen molar-refractivity contribution in [2.24, 2.45) is 0 Å². The number of anilines is 1. The Morgan fingerprint density at radius 1 is 1.28 bits per heavy atom. The lowest BCUT2D eigenvalue weighted by Gasteiger charge is -2.34. The molecule has 18 heavy (non-hydrogen) atoms. The molecule has 0 radical (unpaired) electrons. The van der Waals surface area contributed by atoms with Gasteiger partial charge in [-0.05, 0) is 63.3 Å². The van der Waals surface area contributed by atoms with Crippen LogP contribution in [-0.4, -0.2) is 17.3 Å². The maximum Gasteiger partial charge on any atom is 0.178 e. The third-order valence-corrected chi connectivity index (χ3v) is 3.01. The first kappa shape index (κ1) is 12.9. The summed E-state index contributed by atoms with van der Waals surface area (Å²) >= 11 is 5.37. The number of hydrogen-bond donors (Lipinski definition) is 1. The summed E-state index contributed by atoms with van der Waals surface area (Å²) in [6, 6.07) is 7.91. The molecule has 0 saturated carbocycles. The average Bonchev–Trinajstić information content (AvgIpc) is 2.30. The first-order chi connectivity index (χ1) is 8.52. The highest BCUT2D eigenvalue weighted by molar-refractivity contribution is 7.80. The summed E-state index contributed by atoms with van der Waals surface area (Å²) in [5, 5.41) is 4.00. The molecule has 1 aromatic carbocycles. The molecule has 4 heteroatoms. The molecule has 1 aliphatic heterocycles. The fourth-order valence-electron chi connectivity index (χ4n) is 1.78. The summed E-state index contributed by atoms with van der Waals surface area (Å²) in [5.41, 5.74) is 0.946. The van der Waals surface area contributed by atoms with Gasteiger partial charge in [-0.25, -0.2) is 0 Å². The van der Waals surface area contributed by atoms with E-state index in [4.69, 9.17) is 17.0 Å². The zero-order chi connectivity index (χ0) is 13.2. The van der Waals surface area contributed by atoms with Gasteiger partial charge in [-0.2, -0.15) is 0 Å². The summed E-state index contributed by atoms with van der Waals surface area (Å²) in [5.74, 6) is 0.876. The van der Waals surface area contributed by atoms with Crippen molar-refractivity contribution >= 4 is 23.0 Å². The van der Waals surface area contributed by atoms with Crippen molar-refractivity contribution < 1.29 is 4.74 Å². The van der Waals surface area contributed by atoms with E-state index in [2.05, 4.69) is 25.2 Å². The largest absolute Gasteiger partial charge is 0.494 e. The fraction of sp³-hybridized carbons (Fsp3) is 0.357. The summed E-state index contributed by atoms with van der Waals surface area (Å²) in [7, 11) is 0. The average molecular weight is 262 g/mol. The Hall–Kier alpha value is -1.55. The minimum Gasteiger partial charge on any atom is -0.494 e. The second-order valence-electron chi connectivity index (χ2n) is 4.76. The van der Waals surface area contributed by atoms with Crippen molar-refractivity contribution in [1.82, 2.24) is 5.32 Å². The number of nitrogens with zero attached hydrogens (tertiary/aromatic N) is 1. The molecule has 1 heterocycles. The quantitative estimate of drug-likeness (QED) is 0.846. The topological polar surface area (TPSA) is 24.5 Å². The zero-order valence-electron chi connectivity index (χ0n) is 10.9. The van der Waals surface area contributed by atoms with Gasteiger partial charge in [0.2, 0.25) is 0 Å². The molecule has 2 rings (SSSR count). The zero-order valence-corrected chi connectivity index (χ0v) is 11.8. The van der Waals surface area contributed by atoms with Crippen molar-refractivity contribution in [3.63, 3.8) is 0 Å². The highest BCUT2D eigenvalue weighted by Crippen LogP contribution is 2.23. The van der Waals surface area contributed by atoms with Gasteiger partial charge in [-0.15, -0.1) is 0 Å². The minimum absolute atomic E-state index is 0.0845. The fourth-order valence-corrected chi connectivity index (χ4v) is 2.21. The van der Waals surface area contributed by atoms with Crippen molar-refractivity contribution in [2.45, 2.75) is 26.3 Å². The molecule has 96 valence electrons. The number of ether oxygens (including phenoxy) is 1. The van der Waals surface area contributed by atoms with Gasteiger partial charge < -0.3 is 10.1 Å². The van der Waals surface area contributed by atoms with Gasteiger partial charge in [0.1, 0.15) is 5.75 Å². The molecule has 1 aliphatic rings. The Bertz CT molecular complexity index is 465. The van der Waals surface area contributed by atoms with Gasteiger partial charge in [0, 0.05) is 11.9 Å². The van der Waals surface area contributed by atoms with Crippen LogP contribution in [0.4, 0.5) is 5.69 Å². The van der Waals surface area contributed by atoms with Crippen LogP contribution in [0.25, 0.3) is 0 Å². The molecular weight excluding hydrogens is 244 g/mol. The Balaban J connectivity index is 2.19.